The third-order valence-corrected chi connectivity index (χ3v) is 7.32. The Bertz CT molecular complexity index is 1150. The van der Waals surface area contributed by atoms with E-state index in [9.17, 15) is 29.4 Å². The fourth-order valence-corrected chi connectivity index (χ4v) is 5.28. The normalized spacial score (nSPS) is 20.9. The van der Waals surface area contributed by atoms with Gasteiger partial charge in [-0.3, -0.25) is 9.59 Å². The molecule has 0 bridgehead atoms. The topological polar surface area (TPSA) is 173 Å². The number of imide groups is 1. The van der Waals surface area contributed by atoms with E-state index < -0.39 is 59.3 Å². The number of hydrogen-bond donors (Lipinski definition) is 4. The zero-order valence-corrected chi connectivity index (χ0v) is 22.0. The molecule has 4 amide bonds. The van der Waals surface area contributed by atoms with Crippen molar-refractivity contribution in [2.24, 2.45) is 11.5 Å². The average Bonchev–Trinajstić information content (AvgIpc) is 3.31. The van der Waals surface area contributed by atoms with Gasteiger partial charge in [0.2, 0.25) is 12.1 Å². The molecular weight excluding hydrogens is 504 g/mol. The summed E-state index contributed by atoms with van der Waals surface area (Å²) >= 11 is 0. The molecule has 2 aromatic carbocycles. The second-order valence-corrected chi connectivity index (χ2v) is 9.96. The van der Waals surface area contributed by atoms with Crippen LogP contribution in [-0.4, -0.2) is 74.5 Å². The van der Waals surface area contributed by atoms with E-state index in [0.717, 1.165) is 5.56 Å². The van der Waals surface area contributed by atoms with Crippen molar-refractivity contribution < 1.29 is 38.6 Å². The number of ether oxygens (including phenoxy) is 1. The molecule has 0 aromatic heterocycles. The van der Waals surface area contributed by atoms with Crippen LogP contribution in [0.25, 0.3) is 0 Å². The van der Waals surface area contributed by atoms with Crippen molar-refractivity contribution in [3.05, 3.63) is 71.8 Å². The molecule has 1 fully saturated rings. The Morgan fingerprint density at radius 1 is 1.05 bits per heavy atom. The summed E-state index contributed by atoms with van der Waals surface area (Å²) in [5.74, 6) is -1.92. The van der Waals surface area contributed by atoms with E-state index in [2.05, 4.69) is 0 Å². The second-order valence-electron chi connectivity index (χ2n) is 9.96. The van der Waals surface area contributed by atoms with Crippen LogP contribution < -0.4 is 11.5 Å². The summed E-state index contributed by atoms with van der Waals surface area (Å²) in [5, 5.41) is 22.1. The van der Waals surface area contributed by atoms with Crippen molar-refractivity contribution in [2.45, 2.75) is 70.0 Å². The number of nitrogens with zero attached hydrogens (tertiary/aromatic N) is 2. The molecule has 11 heteroatoms. The van der Waals surface area contributed by atoms with Crippen LogP contribution in [0.15, 0.2) is 60.7 Å². The molecule has 0 aliphatic carbocycles. The van der Waals surface area contributed by atoms with Crippen molar-refractivity contribution >= 4 is 24.0 Å². The minimum absolute atomic E-state index is 0.0511. The molecule has 1 saturated heterocycles. The Morgan fingerprint density at radius 2 is 1.64 bits per heavy atom. The first-order valence-electron chi connectivity index (χ1n) is 13.0. The number of aryl methyl sites for hydroxylation is 1. The number of primary amides is 1. The number of carbonyl (C=O) groups excluding carboxylic acids is 3. The van der Waals surface area contributed by atoms with Gasteiger partial charge in [0.15, 0.2) is 0 Å². The van der Waals surface area contributed by atoms with E-state index in [-0.39, 0.29) is 19.6 Å². The van der Waals surface area contributed by atoms with Crippen molar-refractivity contribution in [3.63, 3.8) is 0 Å². The maximum absolute atomic E-state index is 13.7. The van der Waals surface area contributed by atoms with E-state index in [4.69, 9.17) is 16.2 Å². The van der Waals surface area contributed by atoms with Crippen molar-refractivity contribution in [2.75, 3.05) is 6.54 Å². The molecule has 210 valence electrons. The third kappa shape index (κ3) is 6.99. The predicted octanol–water partition coefficient (Wildman–Crippen LogP) is 2.35. The van der Waals surface area contributed by atoms with Gasteiger partial charge in [-0.2, -0.15) is 14.2 Å². The summed E-state index contributed by atoms with van der Waals surface area (Å²) in [6, 6.07) is 15.9. The number of aliphatic hydroxyl groups excluding tert-OH is 1. The minimum Gasteiger partial charge on any atom is -0.444 e. The SMILES string of the molecule is C[C@H]1CCC[N+]1(C(=O)O)C(C(O)CCc1ccccc1)N(C(=O)OCc1ccccc1)C(=O)[C@@H](N)CC(N)=O. The van der Waals surface area contributed by atoms with Crippen molar-refractivity contribution in [1.29, 1.82) is 0 Å². The number of quaternary nitrogens is 1. The number of amides is 4. The number of aliphatic hydroxyl groups is 1. The lowest BCUT2D eigenvalue weighted by molar-refractivity contribution is -0.905. The summed E-state index contributed by atoms with van der Waals surface area (Å²) in [6.07, 6.45) is -4.61. The second kappa shape index (κ2) is 13.3. The lowest BCUT2D eigenvalue weighted by atomic mass is 10.0. The molecule has 0 saturated carbocycles. The number of likely N-dealkylation sites (tertiary alicyclic amines) is 1. The highest BCUT2D eigenvalue weighted by atomic mass is 16.6. The number of hydrogen-bond acceptors (Lipinski definition) is 7. The number of rotatable bonds is 11. The first-order valence-corrected chi connectivity index (χ1v) is 13.0. The van der Waals surface area contributed by atoms with Crippen LogP contribution >= 0.6 is 0 Å². The van der Waals surface area contributed by atoms with Crippen LogP contribution in [0.5, 0.6) is 0 Å². The predicted molar refractivity (Wildman–Crippen MR) is 142 cm³/mol. The molecule has 5 atom stereocenters. The van der Waals surface area contributed by atoms with Gasteiger partial charge in [-0.15, -0.1) is 0 Å². The number of nitrogens with two attached hydrogens (primary N) is 2. The zero-order chi connectivity index (χ0) is 28.6. The summed E-state index contributed by atoms with van der Waals surface area (Å²) in [6.45, 7) is 1.58. The maximum atomic E-state index is 13.7. The number of benzene rings is 2. The highest BCUT2D eigenvalue weighted by Gasteiger charge is 2.60. The summed E-state index contributed by atoms with van der Waals surface area (Å²) < 4.78 is 4.70. The zero-order valence-electron chi connectivity index (χ0n) is 22.0. The Morgan fingerprint density at radius 3 is 2.15 bits per heavy atom. The highest BCUT2D eigenvalue weighted by molar-refractivity contribution is 5.97. The Labute approximate surface area is 227 Å². The molecule has 11 nitrogen and oxygen atoms in total. The first kappa shape index (κ1) is 29.8. The van der Waals surface area contributed by atoms with Crippen LogP contribution in [-0.2, 0) is 27.4 Å². The van der Waals surface area contributed by atoms with E-state index in [1.165, 1.54) is 0 Å². The van der Waals surface area contributed by atoms with E-state index in [1.54, 1.807) is 37.3 Å². The molecule has 6 N–H and O–H groups in total. The lowest BCUT2D eigenvalue weighted by Crippen LogP contribution is -2.73. The smallest absolute Gasteiger partial charge is 0.444 e. The van der Waals surface area contributed by atoms with Crippen molar-refractivity contribution in [3.8, 4) is 0 Å². The fourth-order valence-electron chi connectivity index (χ4n) is 5.28. The molecule has 2 aromatic rings. The molecule has 1 aliphatic heterocycles. The molecule has 3 unspecified atom stereocenters. The Hall–Kier alpha value is -3.80. The maximum Gasteiger partial charge on any atom is 0.515 e. The number of carboxylic acid groups (broad SMARTS) is 1. The molecule has 0 spiro atoms. The van der Waals surface area contributed by atoms with Crippen LogP contribution in [0.2, 0.25) is 0 Å². The number of carbonyl (C=O) groups is 4. The van der Waals surface area contributed by atoms with Gasteiger partial charge < -0.3 is 26.4 Å². The summed E-state index contributed by atoms with van der Waals surface area (Å²) in [4.78, 5) is 52.3. The Balaban J connectivity index is 2.04. The monoisotopic (exact) mass is 541 g/mol. The van der Waals surface area contributed by atoms with Crippen LogP contribution in [0, 0.1) is 0 Å². The summed E-state index contributed by atoms with van der Waals surface area (Å²) in [7, 11) is 0. The van der Waals surface area contributed by atoms with Gasteiger partial charge >= 0.3 is 12.2 Å². The van der Waals surface area contributed by atoms with E-state index in [0.29, 0.717) is 29.7 Å². The van der Waals surface area contributed by atoms with Gasteiger partial charge in [0.1, 0.15) is 12.7 Å². The van der Waals surface area contributed by atoms with Gasteiger partial charge in [0.25, 0.3) is 5.91 Å². The van der Waals surface area contributed by atoms with E-state index >= 15 is 0 Å². The average molecular weight is 542 g/mol. The highest BCUT2D eigenvalue weighted by Crippen LogP contribution is 2.36. The molecule has 1 heterocycles. The standard InChI is InChI=1S/C28H36N4O7/c1-19-9-8-16-32(19,28(37)38)25(23(33)15-14-20-10-4-2-5-11-20)31(26(35)22(29)17-24(30)34)27(36)39-18-21-12-6-3-7-13-21/h2-7,10-13,19,22-23,25,33H,8-9,14-18,29H2,1H3,(H2-,30,34,37,38)/p+1/t19-,22-,23?,25?,32?/m0/s1. The van der Waals surface area contributed by atoms with Gasteiger partial charge in [0, 0.05) is 12.8 Å². The van der Waals surface area contributed by atoms with Crippen LogP contribution in [0.1, 0.15) is 43.7 Å². The lowest BCUT2D eigenvalue weighted by Gasteiger charge is -2.45. The van der Waals surface area contributed by atoms with Gasteiger partial charge in [-0.05, 0) is 30.9 Å². The van der Waals surface area contributed by atoms with Crippen molar-refractivity contribution in [1.82, 2.24) is 4.90 Å². The molecule has 1 aliphatic rings. The van der Waals surface area contributed by atoms with Crippen LogP contribution in [0.4, 0.5) is 9.59 Å². The van der Waals surface area contributed by atoms with Gasteiger partial charge in [0.05, 0.1) is 25.0 Å². The quantitative estimate of drug-likeness (QED) is 0.314. The Kier molecular flexibility index (Phi) is 10.2. The third-order valence-electron chi connectivity index (χ3n) is 7.32. The molecule has 39 heavy (non-hydrogen) atoms. The van der Waals surface area contributed by atoms with Gasteiger partial charge in [-0.25, -0.2) is 4.79 Å². The summed E-state index contributed by atoms with van der Waals surface area (Å²) in [5.41, 5.74) is 12.8. The molecule has 0 radical (unpaired) electrons. The molecular formula is C28H37N4O7+. The first-order chi connectivity index (χ1) is 18.6. The minimum atomic E-state index is -1.56. The fraction of sp³-hybridized carbons (Fsp3) is 0.429. The molecule has 3 rings (SSSR count). The van der Waals surface area contributed by atoms with E-state index in [1.807, 2.05) is 30.3 Å². The van der Waals surface area contributed by atoms with Crippen LogP contribution in [0.3, 0.4) is 0 Å². The van der Waals surface area contributed by atoms with Gasteiger partial charge in [-0.1, -0.05) is 60.7 Å². The largest absolute Gasteiger partial charge is 0.515 e.